The number of benzene rings is 1. The molecule has 0 radical (unpaired) electrons. The highest BCUT2D eigenvalue weighted by atomic mass is 31.1. The average molecular weight is 191 g/mol. The van der Waals surface area contributed by atoms with Gasteiger partial charge in [-0.05, 0) is 37.2 Å². The summed E-state index contributed by atoms with van der Waals surface area (Å²) in [6.07, 6.45) is 3.39. The highest BCUT2D eigenvalue weighted by molar-refractivity contribution is 7.66. The van der Waals surface area contributed by atoms with Gasteiger partial charge < -0.3 is 0 Å². The molecule has 13 heavy (non-hydrogen) atoms. The monoisotopic (exact) mass is 191 g/mol. The molecule has 0 saturated carbocycles. The van der Waals surface area contributed by atoms with Crippen LogP contribution in [-0.4, -0.2) is 18.8 Å². The minimum atomic E-state index is -0.194. The van der Waals surface area contributed by atoms with Crippen LogP contribution in [0.3, 0.4) is 0 Å². The van der Waals surface area contributed by atoms with Crippen LogP contribution >= 0.6 is 8.07 Å². The lowest BCUT2D eigenvalue weighted by molar-refractivity contribution is 0.688. The van der Waals surface area contributed by atoms with Gasteiger partial charge in [0, 0.05) is 8.07 Å². The van der Waals surface area contributed by atoms with Gasteiger partial charge in [0.25, 0.3) is 0 Å². The molecule has 1 nitrogen and oxygen atoms in total. The van der Waals surface area contributed by atoms with Crippen LogP contribution < -0.4 is 5.30 Å². The summed E-state index contributed by atoms with van der Waals surface area (Å²) in [4.78, 5) is 0. The minimum absolute atomic E-state index is 0.194. The highest BCUT2D eigenvalue weighted by Crippen LogP contribution is 2.41. The van der Waals surface area contributed by atoms with Gasteiger partial charge in [-0.25, -0.2) is 0 Å². The fourth-order valence-corrected chi connectivity index (χ4v) is 3.48. The van der Waals surface area contributed by atoms with E-state index >= 15 is 0 Å². The topological polar surface area (TPSA) is 3.24 Å². The summed E-state index contributed by atoms with van der Waals surface area (Å²) in [5.41, 5.74) is 1.49. The van der Waals surface area contributed by atoms with Crippen molar-refractivity contribution < 1.29 is 0 Å². The zero-order chi connectivity index (χ0) is 9.26. The Balaban J connectivity index is 2.42. The maximum atomic E-state index is 2.34. The van der Waals surface area contributed by atoms with Crippen molar-refractivity contribution in [2.45, 2.75) is 6.42 Å². The van der Waals surface area contributed by atoms with E-state index < -0.39 is 0 Å². The molecule has 0 amide bonds. The van der Waals surface area contributed by atoms with Gasteiger partial charge in [0.1, 0.15) is 0 Å². The third-order valence-corrected chi connectivity index (χ3v) is 4.54. The Hall–Kier alpha value is -0.650. The summed E-state index contributed by atoms with van der Waals surface area (Å²) in [5.74, 6) is 2.34. The molecule has 1 aromatic carbocycles. The molecule has 2 rings (SSSR count). The Kier molecular flexibility index (Phi) is 2.48. The van der Waals surface area contributed by atoms with Crippen LogP contribution in [0.15, 0.2) is 36.2 Å². The summed E-state index contributed by atoms with van der Waals surface area (Å²) >= 11 is 0. The van der Waals surface area contributed by atoms with Crippen molar-refractivity contribution in [2.24, 2.45) is 0 Å². The fourth-order valence-electron chi connectivity index (χ4n) is 1.62. The molecule has 0 saturated heterocycles. The lowest BCUT2D eigenvalue weighted by atomic mass is 10.1. The standard InChI is InChI=1S/C11H14NP/c1-12(2)13-9-5-7-10-6-3-4-8-11(10)13/h3-6,8-9H,7H2,1-2H3. The molecule has 1 aliphatic rings. The number of allylic oxidation sites excluding steroid dienone is 1. The van der Waals surface area contributed by atoms with E-state index in [4.69, 9.17) is 0 Å². The van der Waals surface area contributed by atoms with Gasteiger partial charge in [-0.3, -0.25) is 4.67 Å². The Labute approximate surface area is 80.9 Å². The molecule has 0 N–H and O–H groups in total. The first kappa shape index (κ1) is 8.93. The van der Waals surface area contributed by atoms with E-state index in [1.54, 1.807) is 0 Å². The average Bonchev–Trinajstić information content (AvgIpc) is 2.17. The molecule has 1 aromatic rings. The number of nitrogens with zero attached hydrogens (tertiary/aromatic N) is 1. The molecule has 0 fully saturated rings. The molecule has 2 heteroatoms. The lowest BCUT2D eigenvalue weighted by Gasteiger charge is -2.26. The van der Waals surface area contributed by atoms with Crippen LogP contribution in [0.2, 0.25) is 0 Å². The minimum Gasteiger partial charge on any atom is -0.281 e. The van der Waals surface area contributed by atoms with E-state index in [-0.39, 0.29) is 8.07 Å². The van der Waals surface area contributed by atoms with Crippen LogP contribution in [0.4, 0.5) is 0 Å². The van der Waals surface area contributed by atoms with Crippen molar-refractivity contribution in [2.75, 3.05) is 14.1 Å². The zero-order valence-corrected chi connectivity index (χ0v) is 8.96. The third-order valence-electron chi connectivity index (χ3n) is 2.25. The predicted octanol–water partition coefficient (Wildman–Crippen LogP) is 2.34. The lowest BCUT2D eigenvalue weighted by Crippen LogP contribution is -2.18. The highest BCUT2D eigenvalue weighted by Gasteiger charge is 2.16. The van der Waals surface area contributed by atoms with Crippen molar-refractivity contribution in [3.8, 4) is 0 Å². The SMILES string of the molecule is CN(C)P1C=CCc2ccccc21. The zero-order valence-electron chi connectivity index (χ0n) is 8.07. The van der Waals surface area contributed by atoms with Gasteiger partial charge >= 0.3 is 0 Å². The van der Waals surface area contributed by atoms with E-state index in [0.717, 1.165) is 6.42 Å². The first-order valence-electron chi connectivity index (χ1n) is 4.50. The summed E-state index contributed by atoms with van der Waals surface area (Å²) in [6.45, 7) is 0. The molecule has 1 aliphatic heterocycles. The first-order valence-corrected chi connectivity index (χ1v) is 5.86. The Morgan fingerprint density at radius 2 is 2.00 bits per heavy atom. The molecule has 1 unspecified atom stereocenters. The molecule has 0 bridgehead atoms. The summed E-state index contributed by atoms with van der Waals surface area (Å²) in [6, 6.07) is 8.75. The quantitative estimate of drug-likeness (QED) is 0.616. The Morgan fingerprint density at radius 1 is 1.23 bits per heavy atom. The van der Waals surface area contributed by atoms with Crippen molar-refractivity contribution in [3.63, 3.8) is 0 Å². The van der Waals surface area contributed by atoms with Crippen LogP contribution in [0.1, 0.15) is 5.56 Å². The predicted molar refractivity (Wildman–Crippen MR) is 59.5 cm³/mol. The maximum Gasteiger partial charge on any atom is 0.0200 e. The van der Waals surface area contributed by atoms with Crippen LogP contribution in [0, 0.1) is 0 Å². The molecule has 1 atom stereocenters. The van der Waals surface area contributed by atoms with Crippen LogP contribution in [0.25, 0.3) is 0 Å². The van der Waals surface area contributed by atoms with E-state index in [9.17, 15) is 0 Å². The van der Waals surface area contributed by atoms with Gasteiger partial charge in [-0.15, -0.1) is 0 Å². The Morgan fingerprint density at radius 3 is 2.77 bits per heavy atom. The normalized spacial score (nSPS) is 20.4. The van der Waals surface area contributed by atoms with Gasteiger partial charge in [0.15, 0.2) is 0 Å². The molecule has 68 valence electrons. The third kappa shape index (κ3) is 1.67. The number of fused-ring (bicyclic) bond motifs is 1. The van der Waals surface area contributed by atoms with Crippen LogP contribution in [-0.2, 0) is 6.42 Å². The molecular formula is C11H14NP. The van der Waals surface area contributed by atoms with Crippen molar-refractivity contribution in [1.82, 2.24) is 4.67 Å². The van der Waals surface area contributed by atoms with Gasteiger partial charge in [0.05, 0.1) is 0 Å². The van der Waals surface area contributed by atoms with Gasteiger partial charge in [-0.1, -0.05) is 30.3 Å². The first-order chi connectivity index (χ1) is 6.29. The van der Waals surface area contributed by atoms with Crippen molar-refractivity contribution in [3.05, 3.63) is 41.7 Å². The molecule has 0 aliphatic carbocycles. The summed E-state index contributed by atoms with van der Waals surface area (Å²) < 4.78 is 2.31. The van der Waals surface area contributed by atoms with Gasteiger partial charge in [0.2, 0.25) is 0 Å². The smallest absolute Gasteiger partial charge is 0.0200 e. The van der Waals surface area contributed by atoms with Gasteiger partial charge in [-0.2, -0.15) is 0 Å². The van der Waals surface area contributed by atoms with E-state index in [0.29, 0.717) is 0 Å². The van der Waals surface area contributed by atoms with E-state index in [1.807, 2.05) is 0 Å². The Bertz CT molecular complexity index is 331. The van der Waals surface area contributed by atoms with Crippen molar-refractivity contribution in [1.29, 1.82) is 0 Å². The van der Waals surface area contributed by atoms with E-state index in [1.165, 1.54) is 10.9 Å². The number of rotatable bonds is 1. The van der Waals surface area contributed by atoms with Crippen LogP contribution in [0.5, 0.6) is 0 Å². The second-order valence-corrected chi connectivity index (χ2v) is 5.68. The molecular weight excluding hydrogens is 177 g/mol. The van der Waals surface area contributed by atoms with Crippen molar-refractivity contribution >= 4 is 13.4 Å². The molecule has 0 aromatic heterocycles. The second-order valence-electron chi connectivity index (χ2n) is 3.41. The number of hydrogen-bond acceptors (Lipinski definition) is 1. The fraction of sp³-hybridized carbons (Fsp3) is 0.273. The van der Waals surface area contributed by atoms with E-state index in [2.05, 4.69) is 54.9 Å². The largest absolute Gasteiger partial charge is 0.281 e. The second kappa shape index (κ2) is 3.61. The summed E-state index contributed by atoms with van der Waals surface area (Å²) in [5, 5.41) is 1.52. The molecule has 0 spiro atoms. The molecule has 1 heterocycles. The summed E-state index contributed by atoms with van der Waals surface area (Å²) in [7, 11) is 4.11. The maximum absolute atomic E-state index is 2.34. The number of hydrogen-bond donors (Lipinski definition) is 0.